The summed E-state index contributed by atoms with van der Waals surface area (Å²) in [6.07, 6.45) is 0. The number of primary amides is 2. The fraction of sp³-hybridized carbons (Fsp3) is 0. The number of rotatable bonds is 4. The van der Waals surface area contributed by atoms with Crippen molar-refractivity contribution in [1.82, 2.24) is 0 Å². The summed E-state index contributed by atoms with van der Waals surface area (Å²) < 4.78 is 0. The monoisotopic (exact) mass is 332 g/mol. The maximum atomic E-state index is 10.6. The van der Waals surface area contributed by atoms with Crippen molar-refractivity contribution in [1.29, 1.82) is 0 Å². The van der Waals surface area contributed by atoms with Gasteiger partial charge in [0, 0.05) is 35.4 Å². The van der Waals surface area contributed by atoms with E-state index in [2.05, 4.69) is 0 Å². The van der Waals surface area contributed by atoms with E-state index in [0.717, 1.165) is 24.3 Å². The van der Waals surface area contributed by atoms with Crippen molar-refractivity contribution < 1.29 is 19.4 Å². The highest BCUT2D eigenvalue weighted by Crippen LogP contribution is 2.16. The van der Waals surface area contributed by atoms with Gasteiger partial charge in [-0.15, -0.1) is 0 Å². The van der Waals surface area contributed by atoms with Crippen LogP contribution in [0.4, 0.5) is 11.4 Å². The lowest BCUT2D eigenvalue weighted by Gasteiger charge is -1.96. The highest BCUT2D eigenvalue weighted by atomic mass is 16.6. The highest BCUT2D eigenvalue weighted by molar-refractivity contribution is 5.96. The van der Waals surface area contributed by atoms with Gasteiger partial charge in [0.05, 0.1) is 9.85 Å². The predicted molar refractivity (Wildman–Crippen MR) is 83.2 cm³/mol. The number of carbonyl (C=O) groups excluding carboxylic acids is 2. The first kappa shape index (κ1) is 18.2. The third-order valence-electron chi connectivity index (χ3n) is 2.73. The molecule has 2 aromatic carbocycles. The van der Waals surface area contributed by atoms with Gasteiger partial charge < -0.3 is 11.5 Å². The van der Waals surface area contributed by atoms with Crippen molar-refractivity contribution in [2.45, 2.75) is 0 Å². The fourth-order valence-electron chi connectivity index (χ4n) is 1.49. The molecular formula is C14H12N4O6. The smallest absolute Gasteiger partial charge is 0.269 e. The molecule has 0 aromatic heterocycles. The quantitative estimate of drug-likeness (QED) is 0.632. The number of non-ortho nitro benzene ring substituents is 2. The number of nitrogens with two attached hydrogens (primary N) is 2. The molecule has 0 saturated carbocycles. The Balaban J connectivity index is 0.000000240. The van der Waals surface area contributed by atoms with Gasteiger partial charge in [0.1, 0.15) is 0 Å². The SMILES string of the molecule is NC(=O)c1ccc(C(N)=O)cc1.O=[N+]([O-])c1ccc([N+](=O)[O-])cc1. The maximum absolute atomic E-state index is 10.6. The molecule has 0 aliphatic carbocycles. The lowest BCUT2D eigenvalue weighted by Crippen LogP contribution is -2.13. The van der Waals surface area contributed by atoms with E-state index in [0.29, 0.717) is 11.1 Å². The first-order valence-electron chi connectivity index (χ1n) is 6.31. The molecule has 0 bridgehead atoms. The van der Waals surface area contributed by atoms with Crippen LogP contribution < -0.4 is 11.5 Å². The molecule has 0 unspecified atom stereocenters. The van der Waals surface area contributed by atoms with Gasteiger partial charge in [0.25, 0.3) is 11.4 Å². The number of nitrogens with zero attached hydrogens (tertiary/aromatic N) is 2. The average Bonchev–Trinajstić information content (AvgIpc) is 2.55. The molecule has 0 atom stereocenters. The second kappa shape index (κ2) is 7.98. The van der Waals surface area contributed by atoms with Gasteiger partial charge in [0.15, 0.2) is 0 Å². The van der Waals surface area contributed by atoms with Gasteiger partial charge in [-0.25, -0.2) is 0 Å². The summed E-state index contributed by atoms with van der Waals surface area (Å²) in [4.78, 5) is 40.2. The van der Waals surface area contributed by atoms with Crippen molar-refractivity contribution in [3.63, 3.8) is 0 Å². The number of benzene rings is 2. The average molecular weight is 332 g/mol. The zero-order chi connectivity index (χ0) is 18.3. The largest absolute Gasteiger partial charge is 0.366 e. The zero-order valence-electron chi connectivity index (χ0n) is 12.1. The lowest BCUT2D eigenvalue weighted by molar-refractivity contribution is -0.389. The molecule has 10 heteroatoms. The Labute approximate surface area is 135 Å². The summed E-state index contributed by atoms with van der Waals surface area (Å²) in [5.41, 5.74) is 10.4. The Kier molecular flexibility index (Phi) is 6.06. The van der Waals surface area contributed by atoms with Crippen LogP contribution >= 0.6 is 0 Å². The minimum absolute atomic E-state index is 0.152. The number of amides is 2. The zero-order valence-corrected chi connectivity index (χ0v) is 12.1. The van der Waals surface area contributed by atoms with Crippen LogP contribution in [0.15, 0.2) is 48.5 Å². The molecule has 2 amide bonds. The maximum Gasteiger partial charge on any atom is 0.269 e. The number of nitro benzene ring substituents is 2. The lowest BCUT2D eigenvalue weighted by atomic mass is 10.1. The summed E-state index contributed by atoms with van der Waals surface area (Å²) in [7, 11) is 0. The van der Waals surface area contributed by atoms with Crippen LogP contribution in [-0.4, -0.2) is 21.7 Å². The molecule has 2 rings (SSSR count). The van der Waals surface area contributed by atoms with E-state index in [1.165, 1.54) is 24.3 Å². The van der Waals surface area contributed by atoms with E-state index in [9.17, 15) is 29.8 Å². The van der Waals surface area contributed by atoms with Crippen molar-refractivity contribution in [3.05, 3.63) is 79.9 Å². The van der Waals surface area contributed by atoms with Gasteiger partial charge >= 0.3 is 0 Å². The van der Waals surface area contributed by atoms with Crippen LogP contribution in [0.2, 0.25) is 0 Å². The van der Waals surface area contributed by atoms with Gasteiger partial charge in [-0.1, -0.05) is 0 Å². The first-order valence-corrected chi connectivity index (χ1v) is 6.31. The summed E-state index contributed by atoms with van der Waals surface area (Å²) in [6, 6.07) is 10.2. The van der Waals surface area contributed by atoms with E-state index < -0.39 is 21.7 Å². The van der Waals surface area contributed by atoms with E-state index in [4.69, 9.17) is 11.5 Å². The topological polar surface area (TPSA) is 172 Å². The van der Waals surface area contributed by atoms with Crippen molar-refractivity contribution in [2.75, 3.05) is 0 Å². The summed E-state index contributed by atoms with van der Waals surface area (Å²) >= 11 is 0. The molecule has 0 aliphatic heterocycles. The van der Waals surface area contributed by atoms with Crippen LogP contribution in [0.5, 0.6) is 0 Å². The number of hydrogen-bond acceptors (Lipinski definition) is 6. The molecule has 24 heavy (non-hydrogen) atoms. The molecule has 10 nitrogen and oxygen atoms in total. The number of nitro groups is 2. The summed E-state index contributed by atoms with van der Waals surface area (Å²) in [5.74, 6) is -1.04. The van der Waals surface area contributed by atoms with Crippen molar-refractivity contribution >= 4 is 23.2 Å². The molecule has 0 radical (unpaired) electrons. The van der Waals surface area contributed by atoms with Crippen molar-refractivity contribution in [2.24, 2.45) is 11.5 Å². The van der Waals surface area contributed by atoms with Crippen LogP contribution in [0.25, 0.3) is 0 Å². The first-order chi connectivity index (χ1) is 11.2. The van der Waals surface area contributed by atoms with E-state index >= 15 is 0 Å². The Morgan fingerprint density at radius 1 is 0.667 bits per heavy atom. The Morgan fingerprint density at radius 2 is 0.917 bits per heavy atom. The minimum Gasteiger partial charge on any atom is -0.366 e. The standard InChI is InChI=1S/C8H8N2O2.C6H4N2O4/c9-7(11)5-1-2-6(4-3-5)8(10)12;9-7(10)5-1-2-6(4-3-5)8(11)12/h1-4H,(H2,9,11)(H2,10,12);1-4H. The molecule has 4 N–H and O–H groups in total. The van der Waals surface area contributed by atoms with Crippen LogP contribution in [-0.2, 0) is 0 Å². The second-order valence-electron chi connectivity index (χ2n) is 4.34. The Bertz CT molecular complexity index is 637. The van der Waals surface area contributed by atoms with E-state index in [1.54, 1.807) is 0 Å². The minimum atomic E-state index is -0.607. The Morgan fingerprint density at radius 3 is 1.08 bits per heavy atom. The molecule has 124 valence electrons. The predicted octanol–water partition coefficient (Wildman–Crippen LogP) is 1.39. The number of hydrogen-bond donors (Lipinski definition) is 2. The van der Waals surface area contributed by atoms with E-state index in [1.807, 2.05) is 0 Å². The van der Waals surface area contributed by atoms with Crippen LogP contribution in [0, 0.1) is 20.2 Å². The molecule has 0 aliphatic rings. The second-order valence-corrected chi connectivity index (χ2v) is 4.34. The molecule has 0 saturated heterocycles. The van der Waals surface area contributed by atoms with E-state index in [-0.39, 0.29) is 11.4 Å². The normalized spacial score (nSPS) is 9.33. The fourth-order valence-corrected chi connectivity index (χ4v) is 1.49. The summed E-state index contributed by atoms with van der Waals surface area (Å²) in [5, 5.41) is 20.2. The van der Waals surface area contributed by atoms with Gasteiger partial charge in [-0.2, -0.15) is 0 Å². The van der Waals surface area contributed by atoms with Crippen LogP contribution in [0.3, 0.4) is 0 Å². The van der Waals surface area contributed by atoms with Crippen LogP contribution in [0.1, 0.15) is 20.7 Å². The molecule has 0 heterocycles. The molecule has 0 spiro atoms. The molecule has 0 fully saturated rings. The number of carbonyl (C=O) groups is 2. The van der Waals surface area contributed by atoms with Crippen molar-refractivity contribution in [3.8, 4) is 0 Å². The third kappa shape index (κ3) is 5.18. The third-order valence-corrected chi connectivity index (χ3v) is 2.73. The molecular weight excluding hydrogens is 320 g/mol. The summed E-state index contributed by atoms with van der Waals surface area (Å²) in [6.45, 7) is 0. The van der Waals surface area contributed by atoms with Gasteiger partial charge in [-0.05, 0) is 24.3 Å². The highest BCUT2D eigenvalue weighted by Gasteiger charge is 2.08. The van der Waals surface area contributed by atoms with Gasteiger partial charge in [-0.3, -0.25) is 29.8 Å². The molecule has 2 aromatic rings. The Hall–Kier alpha value is -3.82. The van der Waals surface area contributed by atoms with Gasteiger partial charge in [0.2, 0.25) is 11.8 Å².